The zero-order chi connectivity index (χ0) is 16.7. The molecule has 0 bridgehead atoms. The van der Waals surface area contributed by atoms with Crippen molar-refractivity contribution in [2.45, 2.75) is 0 Å². The second-order valence-corrected chi connectivity index (χ2v) is 7.88. The lowest BCUT2D eigenvalue weighted by Gasteiger charge is -2.02. The van der Waals surface area contributed by atoms with Gasteiger partial charge in [0.1, 0.15) is 5.41 Å². The number of hydrogen-bond donors (Lipinski definition) is 0. The fraction of sp³-hybridized carbons (Fsp3) is 0.0556. The van der Waals surface area contributed by atoms with Crippen molar-refractivity contribution in [1.29, 1.82) is 0 Å². The zero-order valence-corrected chi connectivity index (χ0v) is 16.1. The number of allylic oxidation sites excluding steroid dienone is 1. The van der Waals surface area contributed by atoms with Crippen LogP contribution in [0.5, 0.6) is 0 Å². The van der Waals surface area contributed by atoms with E-state index in [1.54, 1.807) is 17.6 Å². The largest absolute Gasteiger partial charge is 0.612 e. The maximum atomic E-state index is 11.9. The molecule has 1 unspecified atom stereocenters. The molecule has 0 saturated heterocycles. The van der Waals surface area contributed by atoms with Gasteiger partial charge < -0.3 is 4.55 Å². The van der Waals surface area contributed by atoms with Crippen LogP contribution in [-0.4, -0.2) is 16.1 Å². The third-order valence-corrected chi connectivity index (χ3v) is 4.96. The Morgan fingerprint density at radius 3 is 1.91 bits per heavy atom. The van der Waals surface area contributed by atoms with E-state index in [9.17, 15) is 9.35 Å². The van der Waals surface area contributed by atoms with Gasteiger partial charge in [0, 0.05) is 8.95 Å². The Balaban J connectivity index is 1.86. The van der Waals surface area contributed by atoms with Gasteiger partial charge in [-0.15, -0.1) is 0 Å². The van der Waals surface area contributed by atoms with E-state index in [1.807, 2.05) is 48.5 Å². The second kappa shape index (κ2) is 9.23. The summed E-state index contributed by atoms with van der Waals surface area (Å²) in [6, 6.07) is 15.3. The van der Waals surface area contributed by atoms with Gasteiger partial charge in [-0.2, -0.15) is 0 Å². The molecule has 0 aliphatic heterocycles. The van der Waals surface area contributed by atoms with Crippen molar-refractivity contribution >= 4 is 61.0 Å². The summed E-state index contributed by atoms with van der Waals surface area (Å²) in [5, 5.41) is 1.55. The number of benzene rings is 2. The van der Waals surface area contributed by atoms with E-state index < -0.39 is 11.2 Å². The Bertz CT molecular complexity index is 707. The van der Waals surface area contributed by atoms with Crippen LogP contribution in [0.4, 0.5) is 0 Å². The predicted octanol–water partition coefficient (Wildman–Crippen LogP) is 5.21. The molecule has 0 fully saturated rings. The molecule has 0 aromatic heterocycles. The summed E-state index contributed by atoms with van der Waals surface area (Å²) < 4.78 is 13.9. The molecule has 2 rings (SSSR count). The molecule has 2 aromatic rings. The zero-order valence-electron chi connectivity index (χ0n) is 12.1. The summed E-state index contributed by atoms with van der Waals surface area (Å²) in [6.07, 6.45) is 4.95. The fourth-order valence-corrected chi connectivity index (χ4v) is 3.04. The average molecular weight is 454 g/mol. The quantitative estimate of drug-likeness (QED) is 0.444. The molecular weight excluding hydrogens is 440 g/mol. The minimum atomic E-state index is -1.32. The summed E-state index contributed by atoms with van der Waals surface area (Å²) in [7, 11) is 0. The summed E-state index contributed by atoms with van der Waals surface area (Å²) in [4.78, 5) is 11.8. The van der Waals surface area contributed by atoms with Gasteiger partial charge in [0.15, 0.2) is 5.75 Å². The lowest BCUT2D eigenvalue weighted by molar-refractivity contribution is -0.112. The Hall–Kier alpha value is -1.14. The third-order valence-electron chi connectivity index (χ3n) is 2.90. The van der Waals surface area contributed by atoms with Crippen LogP contribution in [0.2, 0.25) is 0 Å². The first kappa shape index (κ1) is 18.2. The fourth-order valence-electron chi connectivity index (χ4n) is 1.73. The van der Waals surface area contributed by atoms with E-state index in [1.165, 1.54) is 6.08 Å². The van der Waals surface area contributed by atoms with Gasteiger partial charge in [0.05, 0.1) is 0 Å². The highest BCUT2D eigenvalue weighted by Crippen LogP contribution is 2.13. The minimum Gasteiger partial charge on any atom is -0.612 e. The third kappa shape index (κ3) is 6.87. The highest BCUT2D eigenvalue weighted by atomic mass is 79.9. The monoisotopic (exact) mass is 452 g/mol. The van der Waals surface area contributed by atoms with Crippen molar-refractivity contribution in [1.82, 2.24) is 0 Å². The number of carbonyl (C=O) groups excluding carboxylic acids is 1. The molecule has 0 N–H and O–H groups in total. The van der Waals surface area contributed by atoms with Crippen molar-refractivity contribution in [3.8, 4) is 0 Å². The van der Waals surface area contributed by atoms with Crippen LogP contribution >= 0.6 is 31.9 Å². The Morgan fingerprint density at radius 1 is 0.913 bits per heavy atom. The standard InChI is InChI=1S/C18H14Br2O2S/c19-16-6-1-14(2-7-16)5-10-18(21)13-23(22)12-11-15-3-8-17(20)9-4-15/h1-12H,13H2/b10-5-,12-11?. The van der Waals surface area contributed by atoms with Gasteiger partial charge in [-0.3, -0.25) is 4.79 Å². The van der Waals surface area contributed by atoms with Gasteiger partial charge in [-0.05, 0) is 58.7 Å². The number of ketones is 1. The molecule has 0 saturated carbocycles. The number of carbonyl (C=O) groups is 1. The normalized spacial score (nSPS) is 12.8. The number of hydrogen-bond acceptors (Lipinski definition) is 2. The van der Waals surface area contributed by atoms with Crippen LogP contribution in [0.15, 0.2) is 69.0 Å². The van der Waals surface area contributed by atoms with Crippen LogP contribution in [0, 0.1) is 0 Å². The van der Waals surface area contributed by atoms with E-state index in [-0.39, 0.29) is 11.5 Å². The van der Waals surface area contributed by atoms with Crippen LogP contribution in [0.25, 0.3) is 12.2 Å². The molecule has 23 heavy (non-hydrogen) atoms. The maximum Gasteiger partial charge on any atom is 0.205 e. The number of rotatable bonds is 6. The summed E-state index contributed by atoms with van der Waals surface area (Å²) in [5.41, 5.74) is 1.87. The predicted molar refractivity (Wildman–Crippen MR) is 104 cm³/mol. The number of halogens is 2. The first-order chi connectivity index (χ1) is 11.0. The Morgan fingerprint density at radius 2 is 1.39 bits per heavy atom. The lowest BCUT2D eigenvalue weighted by Crippen LogP contribution is -2.11. The van der Waals surface area contributed by atoms with Crippen LogP contribution in [-0.2, 0) is 16.0 Å². The maximum absolute atomic E-state index is 11.9. The van der Waals surface area contributed by atoms with E-state index in [0.29, 0.717) is 0 Å². The average Bonchev–Trinajstić information content (AvgIpc) is 2.54. The molecule has 0 amide bonds. The van der Waals surface area contributed by atoms with Crippen molar-refractivity contribution in [3.05, 3.63) is 80.1 Å². The minimum absolute atomic E-state index is 0.0138. The molecule has 5 heteroatoms. The van der Waals surface area contributed by atoms with E-state index in [0.717, 1.165) is 20.1 Å². The van der Waals surface area contributed by atoms with Crippen LogP contribution < -0.4 is 0 Å². The van der Waals surface area contributed by atoms with Crippen LogP contribution in [0.3, 0.4) is 0 Å². The van der Waals surface area contributed by atoms with E-state index in [2.05, 4.69) is 31.9 Å². The molecular formula is C18H14Br2O2S. The summed E-state index contributed by atoms with van der Waals surface area (Å²) in [6.45, 7) is 0. The van der Waals surface area contributed by atoms with E-state index >= 15 is 0 Å². The Labute approximate surface area is 155 Å². The van der Waals surface area contributed by atoms with Gasteiger partial charge in [-0.25, -0.2) is 0 Å². The van der Waals surface area contributed by atoms with Crippen molar-refractivity contribution < 1.29 is 9.35 Å². The van der Waals surface area contributed by atoms with Crippen molar-refractivity contribution in [2.75, 3.05) is 5.75 Å². The second-order valence-electron chi connectivity index (χ2n) is 4.73. The highest BCUT2D eigenvalue weighted by Gasteiger charge is 2.07. The molecule has 0 aliphatic carbocycles. The smallest absolute Gasteiger partial charge is 0.205 e. The van der Waals surface area contributed by atoms with Gasteiger partial charge in [-0.1, -0.05) is 62.2 Å². The van der Waals surface area contributed by atoms with E-state index in [4.69, 9.17) is 0 Å². The molecule has 2 aromatic carbocycles. The SMILES string of the molecule is O=C(/C=C\c1ccc(Br)cc1)C[S+]([O-])C=Cc1ccc(Br)cc1. The summed E-state index contributed by atoms with van der Waals surface area (Å²) in [5.74, 6) is -0.174. The molecule has 1 atom stereocenters. The molecule has 0 heterocycles. The van der Waals surface area contributed by atoms with Crippen molar-refractivity contribution in [2.24, 2.45) is 0 Å². The molecule has 0 radical (unpaired) electrons. The topological polar surface area (TPSA) is 40.1 Å². The van der Waals surface area contributed by atoms with Gasteiger partial charge >= 0.3 is 0 Å². The highest BCUT2D eigenvalue weighted by molar-refractivity contribution is 9.10. The Kier molecular flexibility index (Phi) is 7.30. The van der Waals surface area contributed by atoms with Gasteiger partial charge in [0.25, 0.3) is 0 Å². The van der Waals surface area contributed by atoms with Gasteiger partial charge in [0.2, 0.25) is 5.78 Å². The first-order valence-electron chi connectivity index (χ1n) is 6.80. The molecule has 118 valence electrons. The van der Waals surface area contributed by atoms with Crippen molar-refractivity contribution in [3.63, 3.8) is 0 Å². The first-order valence-corrected chi connectivity index (χ1v) is 9.77. The molecule has 0 aliphatic rings. The van der Waals surface area contributed by atoms with Crippen LogP contribution in [0.1, 0.15) is 11.1 Å². The summed E-state index contributed by atoms with van der Waals surface area (Å²) >= 11 is 5.40. The lowest BCUT2D eigenvalue weighted by atomic mass is 10.2. The molecule has 0 spiro atoms. The molecule has 2 nitrogen and oxygen atoms in total.